The summed E-state index contributed by atoms with van der Waals surface area (Å²) in [7, 11) is 0. The normalized spacial score (nSPS) is 13.2. The van der Waals surface area contributed by atoms with E-state index in [4.69, 9.17) is 10.5 Å². The summed E-state index contributed by atoms with van der Waals surface area (Å²) in [5.41, 5.74) is 8.33. The number of nitrogens with two attached hydrogens (primary N) is 1. The minimum Gasteiger partial charge on any atom is -0.394 e. The maximum absolute atomic E-state index is 12.6. The molecule has 0 spiro atoms. The fourth-order valence-corrected chi connectivity index (χ4v) is 3.91. The molecule has 0 radical (unpaired) electrons. The van der Waals surface area contributed by atoms with Crippen LogP contribution >= 0.6 is 0 Å². The van der Waals surface area contributed by atoms with E-state index >= 15 is 0 Å². The van der Waals surface area contributed by atoms with Crippen molar-refractivity contribution in [2.24, 2.45) is 0 Å². The van der Waals surface area contributed by atoms with E-state index in [0.29, 0.717) is 36.6 Å². The lowest BCUT2D eigenvalue weighted by atomic mass is 9.96. The maximum atomic E-state index is 12.6. The molecule has 0 bridgehead atoms. The third kappa shape index (κ3) is 4.29. The predicted molar refractivity (Wildman–Crippen MR) is 123 cm³/mol. The van der Waals surface area contributed by atoms with Crippen LogP contribution in [0.2, 0.25) is 0 Å². The number of carbonyl (C=O) groups excluding carboxylic acids is 1. The molecule has 0 unspecified atom stereocenters. The quantitative estimate of drug-likeness (QED) is 0.434. The summed E-state index contributed by atoms with van der Waals surface area (Å²) in [4.78, 5) is 56.7. The molecule has 0 fully saturated rings. The maximum Gasteiger partial charge on any atom is 0.287 e. The van der Waals surface area contributed by atoms with Gasteiger partial charge in [0.15, 0.2) is 5.82 Å². The molecule has 3 aromatic rings. The Balaban J connectivity index is 1.46. The average Bonchev–Trinajstić information content (AvgIpc) is 2.82. The van der Waals surface area contributed by atoms with Gasteiger partial charge in [-0.2, -0.15) is 0 Å². The second-order valence-corrected chi connectivity index (χ2v) is 8.00. The number of hydrogen-bond donors (Lipinski definition) is 3. The van der Waals surface area contributed by atoms with Gasteiger partial charge in [0.25, 0.3) is 22.3 Å². The first kappa shape index (κ1) is 22.4. The Morgan fingerprint density at radius 1 is 1.24 bits per heavy atom. The van der Waals surface area contributed by atoms with Crippen LogP contribution in [0.4, 0.5) is 11.4 Å². The van der Waals surface area contributed by atoms with E-state index in [1.807, 2.05) is 30.0 Å². The molecule has 2 heterocycles. The number of benzene rings is 1. The largest absolute Gasteiger partial charge is 0.394 e. The highest BCUT2D eigenvalue weighted by Crippen LogP contribution is 2.26. The van der Waals surface area contributed by atoms with E-state index in [9.17, 15) is 19.2 Å². The first-order valence-electron chi connectivity index (χ1n) is 10.7. The first-order chi connectivity index (χ1) is 15.8. The van der Waals surface area contributed by atoms with Crippen LogP contribution in [0.25, 0.3) is 0 Å². The Morgan fingerprint density at radius 3 is 2.76 bits per heavy atom. The molecule has 4 N–H and O–H groups in total. The van der Waals surface area contributed by atoms with E-state index in [-0.39, 0.29) is 30.2 Å². The number of hydrogen-bond acceptors (Lipinski definition) is 8. The minimum absolute atomic E-state index is 0.0233. The van der Waals surface area contributed by atoms with Crippen molar-refractivity contribution in [3.05, 3.63) is 82.8 Å². The van der Waals surface area contributed by atoms with E-state index in [1.54, 1.807) is 6.92 Å². The summed E-state index contributed by atoms with van der Waals surface area (Å²) in [6, 6.07) is 5.87. The van der Waals surface area contributed by atoms with Gasteiger partial charge in [-0.1, -0.05) is 18.2 Å². The standard InChI is InChI=1S/C23H25N5O5/c1-3-33-11-16-12(2)22(31)27-21(26-16)23(32)25-9-13-4-5-14-6-7-28(10-15(14)8-13)18-17(24)19(29)20(18)30/h4-5,8H,3,6-7,9-11,24H2,1-2H3,(H,25,32)(H,26,27,31). The molecule has 10 heteroatoms. The van der Waals surface area contributed by atoms with Gasteiger partial charge in [0, 0.05) is 31.8 Å². The molecule has 0 aliphatic carbocycles. The molecule has 172 valence electrons. The lowest BCUT2D eigenvalue weighted by Gasteiger charge is -2.32. The van der Waals surface area contributed by atoms with Crippen LogP contribution in [0, 0.1) is 6.92 Å². The van der Waals surface area contributed by atoms with E-state index in [0.717, 1.165) is 23.1 Å². The highest BCUT2D eigenvalue weighted by molar-refractivity contribution is 5.90. The summed E-state index contributed by atoms with van der Waals surface area (Å²) >= 11 is 0. The van der Waals surface area contributed by atoms with Gasteiger partial charge in [-0.3, -0.25) is 19.2 Å². The molecule has 4 rings (SSSR count). The molecule has 0 saturated carbocycles. The van der Waals surface area contributed by atoms with Crippen molar-refractivity contribution in [2.75, 3.05) is 23.8 Å². The number of ether oxygens (including phenoxy) is 1. The zero-order chi connectivity index (χ0) is 23.7. The van der Waals surface area contributed by atoms with Crippen LogP contribution in [0.3, 0.4) is 0 Å². The first-order valence-corrected chi connectivity index (χ1v) is 10.7. The number of rotatable bonds is 7. The van der Waals surface area contributed by atoms with Crippen molar-refractivity contribution < 1.29 is 9.53 Å². The fraction of sp³-hybridized carbons (Fsp3) is 0.348. The van der Waals surface area contributed by atoms with Gasteiger partial charge in [0.2, 0.25) is 0 Å². The monoisotopic (exact) mass is 451 g/mol. The Hall–Kier alpha value is -3.79. The van der Waals surface area contributed by atoms with Gasteiger partial charge < -0.3 is 25.7 Å². The van der Waals surface area contributed by atoms with Crippen LogP contribution in [-0.2, 0) is 30.9 Å². The molecule has 2 aromatic carbocycles. The Bertz CT molecular complexity index is 1350. The molecule has 0 saturated heterocycles. The number of nitrogens with one attached hydrogen (secondary N) is 2. The van der Waals surface area contributed by atoms with Crippen molar-refractivity contribution in [1.29, 1.82) is 0 Å². The molecule has 1 aliphatic rings. The van der Waals surface area contributed by atoms with E-state index < -0.39 is 16.8 Å². The number of fused-ring (bicyclic) bond motifs is 1. The van der Waals surface area contributed by atoms with E-state index in [2.05, 4.69) is 15.3 Å². The SMILES string of the molecule is CCOCc1nc(C(=O)NCc2ccc3c(c2)CN(c2c(N)c(=O)c2=O)CC3)[nH]c(=O)c1C. The third-order valence-electron chi connectivity index (χ3n) is 5.88. The second-order valence-electron chi connectivity index (χ2n) is 8.00. The molecular weight excluding hydrogens is 426 g/mol. The summed E-state index contributed by atoms with van der Waals surface area (Å²) in [5.74, 6) is -0.569. The van der Waals surface area contributed by atoms with Crippen molar-refractivity contribution in [3.63, 3.8) is 0 Å². The summed E-state index contributed by atoms with van der Waals surface area (Å²) in [6.45, 7) is 5.39. The molecule has 1 aromatic heterocycles. The average molecular weight is 451 g/mol. The Labute approximate surface area is 189 Å². The summed E-state index contributed by atoms with van der Waals surface area (Å²) < 4.78 is 5.33. The number of carbonyl (C=O) groups is 1. The smallest absolute Gasteiger partial charge is 0.287 e. The summed E-state index contributed by atoms with van der Waals surface area (Å²) in [6.07, 6.45) is 0.720. The van der Waals surface area contributed by atoms with Gasteiger partial charge in [-0.15, -0.1) is 0 Å². The topological polar surface area (TPSA) is 147 Å². The number of H-pyrrole nitrogens is 1. The molecule has 1 aliphatic heterocycles. The number of nitrogen functional groups attached to an aromatic ring is 1. The van der Waals surface area contributed by atoms with Gasteiger partial charge in [-0.25, -0.2) is 4.98 Å². The van der Waals surface area contributed by atoms with Crippen LogP contribution in [0.15, 0.2) is 32.6 Å². The molecule has 33 heavy (non-hydrogen) atoms. The Morgan fingerprint density at radius 2 is 2.03 bits per heavy atom. The van der Waals surface area contributed by atoms with Crippen LogP contribution in [-0.4, -0.2) is 29.0 Å². The highest BCUT2D eigenvalue weighted by Gasteiger charge is 2.26. The van der Waals surface area contributed by atoms with Gasteiger partial charge in [0.1, 0.15) is 11.4 Å². The van der Waals surface area contributed by atoms with Gasteiger partial charge >= 0.3 is 0 Å². The summed E-state index contributed by atoms with van der Waals surface area (Å²) in [5, 5.41) is 2.77. The number of aromatic nitrogens is 2. The molecular formula is C23H25N5O5. The van der Waals surface area contributed by atoms with Gasteiger partial charge in [-0.05, 0) is 37.0 Å². The molecule has 10 nitrogen and oxygen atoms in total. The number of amides is 1. The van der Waals surface area contributed by atoms with Crippen LogP contribution in [0.5, 0.6) is 0 Å². The lowest BCUT2D eigenvalue weighted by molar-refractivity contribution is 0.0937. The van der Waals surface area contributed by atoms with Crippen LogP contribution in [0.1, 0.15) is 45.5 Å². The zero-order valence-electron chi connectivity index (χ0n) is 18.5. The fourth-order valence-electron chi connectivity index (χ4n) is 3.91. The van der Waals surface area contributed by atoms with Crippen LogP contribution < -0.4 is 32.4 Å². The van der Waals surface area contributed by atoms with Gasteiger partial charge in [0.05, 0.1) is 12.3 Å². The third-order valence-corrected chi connectivity index (χ3v) is 5.88. The predicted octanol–water partition coefficient (Wildman–Crippen LogP) is 0.286. The zero-order valence-corrected chi connectivity index (χ0v) is 18.5. The molecule has 0 atom stereocenters. The number of anilines is 2. The van der Waals surface area contributed by atoms with Crippen molar-refractivity contribution in [1.82, 2.24) is 15.3 Å². The minimum atomic E-state index is -0.626. The lowest BCUT2D eigenvalue weighted by Crippen LogP contribution is -2.44. The number of nitrogens with zero attached hydrogens (tertiary/aromatic N) is 2. The highest BCUT2D eigenvalue weighted by atomic mass is 16.5. The van der Waals surface area contributed by atoms with Crippen molar-refractivity contribution in [3.8, 4) is 0 Å². The van der Waals surface area contributed by atoms with E-state index in [1.165, 1.54) is 0 Å². The second kappa shape index (κ2) is 8.99. The van der Waals surface area contributed by atoms with Crippen molar-refractivity contribution >= 4 is 17.3 Å². The molecule has 1 amide bonds. The van der Waals surface area contributed by atoms with Crippen molar-refractivity contribution in [2.45, 2.75) is 40.0 Å². The number of aromatic amines is 1. The Kier molecular flexibility index (Phi) is 6.10.